The van der Waals surface area contributed by atoms with Crippen LogP contribution in [0.15, 0.2) is 23.2 Å². The van der Waals surface area contributed by atoms with Gasteiger partial charge in [0.05, 0.1) is 18.8 Å². The Labute approximate surface area is 161 Å². The molecule has 144 valence electrons. The molecule has 0 radical (unpaired) electrons. The van der Waals surface area contributed by atoms with Gasteiger partial charge in [0.2, 0.25) is 0 Å². The van der Waals surface area contributed by atoms with Crippen LogP contribution >= 0.6 is 11.8 Å². The van der Waals surface area contributed by atoms with Gasteiger partial charge in [0.25, 0.3) is 0 Å². The third kappa shape index (κ3) is 5.81. The molecular weight excluding hydrogens is 346 g/mol. The first-order valence-electron chi connectivity index (χ1n) is 9.62. The number of thioether (sulfide) groups is 1. The quantitative estimate of drug-likeness (QED) is 0.480. The fraction of sp³-hybridized carbons (Fsp3) is 0.650. The van der Waals surface area contributed by atoms with Gasteiger partial charge >= 0.3 is 0 Å². The molecule has 1 aliphatic carbocycles. The topological polar surface area (TPSA) is 65.9 Å². The SMILES string of the molecule is CCNC(=NCc1ccc(C)cc1OCC1CC1)NCC1(O)CCSC1. The van der Waals surface area contributed by atoms with Crippen molar-refractivity contribution in [3.63, 3.8) is 0 Å². The minimum atomic E-state index is -0.622. The number of hydrogen-bond donors (Lipinski definition) is 3. The predicted molar refractivity (Wildman–Crippen MR) is 109 cm³/mol. The molecule has 1 saturated heterocycles. The van der Waals surface area contributed by atoms with Crippen LogP contribution in [0, 0.1) is 12.8 Å². The zero-order valence-electron chi connectivity index (χ0n) is 15.9. The van der Waals surface area contributed by atoms with Crippen molar-refractivity contribution >= 4 is 17.7 Å². The van der Waals surface area contributed by atoms with E-state index in [9.17, 15) is 5.11 Å². The van der Waals surface area contributed by atoms with Gasteiger partial charge in [-0.2, -0.15) is 11.8 Å². The van der Waals surface area contributed by atoms with Crippen LogP contribution in [0.1, 0.15) is 37.3 Å². The van der Waals surface area contributed by atoms with Gasteiger partial charge in [0.1, 0.15) is 5.75 Å². The number of rotatable bonds is 8. The monoisotopic (exact) mass is 377 g/mol. The fourth-order valence-electron chi connectivity index (χ4n) is 2.91. The van der Waals surface area contributed by atoms with Crippen LogP contribution in [0.2, 0.25) is 0 Å². The molecule has 0 amide bonds. The van der Waals surface area contributed by atoms with Crippen LogP contribution in [0.5, 0.6) is 5.75 Å². The zero-order chi connectivity index (χ0) is 18.4. The van der Waals surface area contributed by atoms with Crippen molar-refractivity contribution in [2.24, 2.45) is 10.9 Å². The summed E-state index contributed by atoms with van der Waals surface area (Å²) in [6.07, 6.45) is 3.41. The number of aliphatic imine (C=N–C) groups is 1. The van der Waals surface area contributed by atoms with Crippen LogP contribution in [-0.2, 0) is 6.54 Å². The van der Waals surface area contributed by atoms with Crippen molar-refractivity contribution in [1.82, 2.24) is 10.6 Å². The Hall–Kier alpha value is -1.40. The lowest BCUT2D eigenvalue weighted by molar-refractivity contribution is 0.0724. The predicted octanol–water partition coefficient (Wildman–Crippen LogP) is 2.71. The molecule has 0 aromatic heterocycles. The first-order valence-corrected chi connectivity index (χ1v) is 10.8. The van der Waals surface area contributed by atoms with Crippen LogP contribution in [-0.4, -0.2) is 47.9 Å². The number of ether oxygens (including phenoxy) is 1. The van der Waals surface area contributed by atoms with Crippen molar-refractivity contribution in [2.45, 2.75) is 45.3 Å². The van der Waals surface area contributed by atoms with E-state index >= 15 is 0 Å². The molecule has 0 spiro atoms. The summed E-state index contributed by atoms with van der Waals surface area (Å²) in [6, 6.07) is 6.31. The summed E-state index contributed by atoms with van der Waals surface area (Å²) >= 11 is 1.81. The van der Waals surface area contributed by atoms with E-state index in [2.05, 4.69) is 35.8 Å². The van der Waals surface area contributed by atoms with Gasteiger partial charge in [-0.05, 0) is 56.4 Å². The van der Waals surface area contributed by atoms with Crippen LogP contribution < -0.4 is 15.4 Å². The molecule has 5 nitrogen and oxygen atoms in total. The highest BCUT2D eigenvalue weighted by Gasteiger charge is 2.31. The second-order valence-corrected chi connectivity index (χ2v) is 8.55. The first kappa shape index (κ1) is 19.4. The van der Waals surface area contributed by atoms with Crippen molar-refractivity contribution < 1.29 is 9.84 Å². The van der Waals surface area contributed by atoms with E-state index < -0.39 is 5.60 Å². The summed E-state index contributed by atoms with van der Waals surface area (Å²) in [4.78, 5) is 4.71. The molecule has 6 heteroatoms. The molecule has 2 aliphatic rings. The van der Waals surface area contributed by atoms with Gasteiger partial charge in [0, 0.05) is 24.4 Å². The summed E-state index contributed by atoms with van der Waals surface area (Å²) in [7, 11) is 0. The molecule has 1 atom stereocenters. The fourth-order valence-corrected chi connectivity index (χ4v) is 4.20. The van der Waals surface area contributed by atoms with Gasteiger partial charge in [0.15, 0.2) is 5.96 Å². The number of aliphatic hydroxyl groups is 1. The molecule has 1 saturated carbocycles. The van der Waals surface area contributed by atoms with Crippen LogP contribution in [0.25, 0.3) is 0 Å². The zero-order valence-corrected chi connectivity index (χ0v) is 16.7. The average molecular weight is 378 g/mol. The molecule has 1 aromatic carbocycles. The van der Waals surface area contributed by atoms with Gasteiger partial charge in [-0.1, -0.05) is 12.1 Å². The van der Waals surface area contributed by atoms with Gasteiger partial charge in [-0.3, -0.25) is 0 Å². The number of nitrogens with zero attached hydrogens (tertiary/aromatic N) is 1. The lowest BCUT2D eigenvalue weighted by Crippen LogP contribution is -2.47. The molecule has 0 bridgehead atoms. The highest BCUT2D eigenvalue weighted by Crippen LogP contribution is 2.31. The minimum absolute atomic E-state index is 0.533. The van der Waals surface area contributed by atoms with E-state index in [0.29, 0.717) is 13.1 Å². The van der Waals surface area contributed by atoms with Crippen LogP contribution in [0.3, 0.4) is 0 Å². The van der Waals surface area contributed by atoms with Crippen molar-refractivity contribution in [3.8, 4) is 5.75 Å². The van der Waals surface area contributed by atoms with E-state index in [1.54, 1.807) is 11.8 Å². The number of guanidine groups is 1. The normalized spacial score (nSPS) is 23.1. The van der Waals surface area contributed by atoms with E-state index in [1.165, 1.54) is 18.4 Å². The number of aryl methyl sites for hydroxylation is 1. The van der Waals surface area contributed by atoms with Gasteiger partial charge in [-0.15, -0.1) is 0 Å². The third-order valence-corrected chi connectivity index (χ3v) is 6.05. The second kappa shape index (κ2) is 9.00. The summed E-state index contributed by atoms with van der Waals surface area (Å²) in [5.74, 6) is 4.23. The molecule has 1 heterocycles. The lowest BCUT2D eigenvalue weighted by atomic mass is 10.0. The molecular formula is C20H31N3O2S. The molecule has 1 aromatic rings. The second-order valence-electron chi connectivity index (χ2n) is 7.44. The summed E-state index contributed by atoms with van der Waals surface area (Å²) in [5.41, 5.74) is 1.68. The van der Waals surface area contributed by atoms with Crippen molar-refractivity contribution in [2.75, 3.05) is 31.2 Å². The van der Waals surface area contributed by atoms with Gasteiger partial charge in [-0.25, -0.2) is 4.99 Å². The maximum absolute atomic E-state index is 10.5. The smallest absolute Gasteiger partial charge is 0.191 e. The highest BCUT2D eigenvalue weighted by molar-refractivity contribution is 7.99. The highest BCUT2D eigenvalue weighted by atomic mass is 32.2. The summed E-state index contributed by atoms with van der Waals surface area (Å²) in [6.45, 7) is 6.82. The van der Waals surface area contributed by atoms with Gasteiger partial charge < -0.3 is 20.5 Å². The Morgan fingerprint density at radius 2 is 2.23 bits per heavy atom. The minimum Gasteiger partial charge on any atom is -0.493 e. The summed E-state index contributed by atoms with van der Waals surface area (Å²) in [5, 5.41) is 17.1. The van der Waals surface area contributed by atoms with Crippen LogP contribution in [0.4, 0.5) is 0 Å². The average Bonchev–Trinajstić information content (AvgIpc) is 3.36. The molecule has 3 rings (SSSR count). The van der Waals surface area contributed by atoms with E-state index in [-0.39, 0.29) is 0 Å². The van der Waals surface area contributed by atoms with E-state index in [4.69, 9.17) is 9.73 Å². The lowest BCUT2D eigenvalue weighted by Gasteiger charge is -2.23. The van der Waals surface area contributed by atoms with E-state index in [1.807, 2.05) is 6.92 Å². The largest absolute Gasteiger partial charge is 0.493 e. The maximum Gasteiger partial charge on any atom is 0.191 e. The standard InChI is InChI=1S/C20H31N3O2S/c1-3-21-19(23-13-20(24)8-9-26-14-20)22-11-17-7-4-15(2)10-18(17)25-12-16-5-6-16/h4,7,10,16,24H,3,5-6,8-9,11-14H2,1-2H3,(H2,21,22,23). The van der Waals surface area contributed by atoms with Crippen molar-refractivity contribution in [1.29, 1.82) is 0 Å². The third-order valence-electron chi connectivity index (χ3n) is 4.81. The number of hydrogen-bond acceptors (Lipinski definition) is 4. The molecule has 3 N–H and O–H groups in total. The Bertz CT molecular complexity index is 625. The summed E-state index contributed by atoms with van der Waals surface area (Å²) < 4.78 is 6.04. The van der Waals surface area contributed by atoms with E-state index in [0.717, 1.165) is 54.3 Å². The molecule has 26 heavy (non-hydrogen) atoms. The van der Waals surface area contributed by atoms with Crippen molar-refractivity contribution in [3.05, 3.63) is 29.3 Å². The number of benzene rings is 1. The Morgan fingerprint density at radius 1 is 1.38 bits per heavy atom. The Morgan fingerprint density at radius 3 is 2.92 bits per heavy atom. The molecule has 1 aliphatic heterocycles. The maximum atomic E-state index is 10.5. The Kier molecular flexibility index (Phi) is 6.70. The Balaban J connectivity index is 1.62. The first-order chi connectivity index (χ1) is 12.6. The number of nitrogens with one attached hydrogen (secondary N) is 2. The molecule has 1 unspecified atom stereocenters. The molecule has 2 fully saturated rings.